The van der Waals surface area contributed by atoms with Crippen LogP contribution in [-0.2, 0) is 31.1 Å². The van der Waals surface area contributed by atoms with Crippen LogP contribution in [0.25, 0.3) is 88.7 Å². The monoisotopic (exact) mass is 1220 g/mol. The SMILES string of the molecule is CC.CCC.CCCC.Cc1ccccc1-c1cc(-c2ccc(N(c3cc(CCc4ccc(C(C)(C)C)cc4)c4cc(-c5ccc6oc7ccccc7c6c5)cc(CCc5ccccc5)c4c3)C3C=CC(c4ccc5oc6c(c5c4)C=CCC6C)=CC3)cc2)ccc1C. The highest BCUT2D eigenvalue weighted by Crippen LogP contribution is 2.44. The number of aryl methyl sites for hydroxylation is 6. The average molecular weight is 1220 g/mol. The molecule has 2 aliphatic rings. The van der Waals surface area contributed by atoms with Gasteiger partial charge in [0.2, 0.25) is 0 Å². The van der Waals surface area contributed by atoms with Crippen LogP contribution in [0.15, 0.2) is 239 Å². The van der Waals surface area contributed by atoms with Crippen molar-refractivity contribution in [1.82, 2.24) is 0 Å². The van der Waals surface area contributed by atoms with Gasteiger partial charge in [-0.15, -0.1) is 0 Å². The number of unbranched alkanes of at least 4 members (excludes halogenated alkanes) is 1. The van der Waals surface area contributed by atoms with E-state index in [1.54, 1.807) is 0 Å². The van der Waals surface area contributed by atoms with Crippen LogP contribution in [0.1, 0.15) is 163 Å². The van der Waals surface area contributed by atoms with Crippen LogP contribution in [0.5, 0.6) is 0 Å². The summed E-state index contributed by atoms with van der Waals surface area (Å²) in [5.74, 6) is 1.48. The maximum Gasteiger partial charge on any atom is 0.135 e. The van der Waals surface area contributed by atoms with Gasteiger partial charge in [0.25, 0.3) is 0 Å². The Kier molecular flexibility index (Phi) is 20.8. The topological polar surface area (TPSA) is 29.5 Å². The van der Waals surface area contributed by atoms with Gasteiger partial charge >= 0.3 is 0 Å². The fourth-order valence-corrected chi connectivity index (χ4v) is 13.3. The van der Waals surface area contributed by atoms with Crippen LogP contribution in [0.3, 0.4) is 0 Å². The number of anilines is 2. The molecule has 93 heavy (non-hydrogen) atoms. The summed E-state index contributed by atoms with van der Waals surface area (Å²) in [6, 6.07) is 77.4. The van der Waals surface area contributed by atoms with Gasteiger partial charge in [-0.1, -0.05) is 258 Å². The van der Waals surface area contributed by atoms with Gasteiger partial charge in [-0.2, -0.15) is 0 Å². The third-order valence-electron chi connectivity index (χ3n) is 18.6. The number of fused-ring (bicyclic) bond motifs is 7. The first kappa shape index (κ1) is 65.3. The Balaban J connectivity index is 0.000000931. The van der Waals surface area contributed by atoms with Gasteiger partial charge in [0.1, 0.15) is 22.5 Å². The van der Waals surface area contributed by atoms with Crippen LogP contribution in [0.2, 0.25) is 0 Å². The first-order chi connectivity index (χ1) is 45.3. The molecule has 2 aromatic heterocycles. The molecule has 2 unspecified atom stereocenters. The molecule has 0 spiro atoms. The number of para-hydroxylation sites is 1. The van der Waals surface area contributed by atoms with Gasteiger partial charge in [0, 0.05) is 39.0 Å². The number of hydrogen-bond donors (Lipinski definition) is 0. The Hall–Kier alpha value is -9.18. The Morgan fingerprint density at radius 2 is 1.03 bits per heavy atom. The molecule has 0 N–H and O–H groups in total. The molecule has 3 nitrogen and oxygen atoms in total. The maximum atomic E-state index is 6.47. The summed E-state index contributed by atoms with van der Waals surface area (Å²) in [4.78, 5) is 2.62. The number of rotatable bonds is 14. The lowest BCUT2D eigenvalue weighted by molar-refractivity contribution is 0.504. The van der Waals surface area contributed by atoms with E-state index in [1.807, 2.05) is 13.8 Å². The molecule has 0 amide bonds. The highest BCUT2D eigenvalue weighted by atomic mass is 16.3. The van der Waals surface area contributed by atoms with Gasteiger partial charge in [0.15, 0.2) is 0 Å². The van der Waals surface area contributed by atoms with E-state index in [2.05, 4.69) is 311 Å². The van der Waals surface area contributed by atoms with E-state index in [0.717, 1.165) is 77.5 Å². The molecule has 2 atom stereocenters. The molecule has 12 aromatic rings. The van der Waals surface area contributed by atoms with Crippen LogP contribution in [0, 0.1) is 13.8 Å². The second-order valence-corrected chi connectivity index (χ2v) is 26.5. The zero-order valence-electron chi connectivity index (χ0n) is 57.3. The van der Waals surface area contributed by atoms with Gasteiger partial charge < -0.3 is 13.7 Å². The number of hydrogen-bond acceptors (Lipinski definition) is 3. The lowest BCUT2D eigenvalue weighted by Crippen LogP contribution is -2.30. The van der Waals surface area contributed by atoms with Crippen molar-refractivity contribution in [2.45, 2.75) is 158 Å². The smallest absolute Gasteiger partial charge is 0.135 e. The molecule has 2 heterocycles. The third-order valence-corrected chi connectivity index (χ3v) is 18.6. The number of allylic oxidation sites excluding steroid dienone is 3. The molecular formula is C90H95NO2. The van der Waals surface area contributed by atoms with E-state index in [9.17, 15) is 0 Å². The molecule has 0 bridgehead atoms. The summed E-state index contributed by atoms with van der Waals surface area (Å²) in [5, 5.41) is 6.10. The zero-order chi connectivity index (χ0) is 65.2. The van der Waals surface area contributed by atoms with Gasteiger partial charge in [-0.25, -0.2) is 0 Å². The van der Waals surface area contributed by atoms with Gasteiger partial charge in [-0.05, 0) is 219 Å². The normalized spacial score (nSPS) is 14.2. The minimum atomic E-state index is 0.0413. The molecule has 0 saturated carbocycles. The summed E-state index contributed by atoms with van der Waals surface area (Å²) in [6.07, 6.45) is 21.2. The lowest BCUT2D eigenvalue weighted by atomic mass is 9.86. The van der Waals surface area contributed by atoms with Crippen LogP contribution in [-0.4, -0.2) is 6.04 Å². The minimum Gasteiger partial charge on any atom is -0.460 e. The third kappa shape index (κ3) is 14.6. The minimum absolute atomic E-state index is 0.0413. The van der Waals surface area contributed by atoms with E-state index in [-0.39, 0.29) is 11.5 Å². The molecule has 472 valence electrons. The predicted octanol–water partition coefficient (Wildman–Crippen LogP) is 26.3. The van der Waals surface area contributed by atoms with E-state index in [1.165, 1.54) is 130 Å². The molecule has 0 aliphatic heterocycles. The summed E-state index contributed by atoms with van der Waals surface area (Å²) < 4.78 is 12.8. The van der Waals surface area contributed by atoms with Crippen LogP contribution >= 0.6 is 0 Å². The van der Waals surface area contributed by atoms with Crippen molar-refractivity contribution in [1.29, 1.82) is 0 Å². The first-order valence-corrected chi connectivity index (χ1v) is 34.6. The van der Waals surface area contributed by atoms with Gasteiger partial charge in [0.05, 0.1) is 6.04 Å². The standard InChI is InChI=1S/C81H71NO2.C4H10.C3H8.C2H6/c1-52-15-10-11-19-69(52)72-47-59(28-23-53(72)2)57-31-39-66(40-32-57)82(67-41-33-58(34-42-67)60-35-44-79-76(48-60)71-21-14-16-54(3)80(71)84-79)68-46-63(30-25-56-26-37-65(38-27-56)81(4,5)6)73-50-64(45-62(74(73)51-68)29-24-55-17-8-7-9-18-55)61-36-43-78-75(49-61)70-20-12-13-22-77(70)83-78;1-3-4-2;1-3-2;1-2/h7-15,17-23,26-28,31-41,43-51,54,67H,16,24-25,29-30,42H2,1-6H3;3-4H2,1-2H3;3H2,1-2H3;1-2H3. The van der Waals surface area contributed by atoms with E-state index >= 15 is 0 Å². The highest BCUT2D eigenvalue weighted by Gasteiger charge is 2.26. The Morgan fingerprint density at radius 1 is 0.452 bits per heavy atom. The Labute approximate surface area is 555 Å². The van der Waals surface area contributed by atoms with Crippen LogP contribution in [0.4, 0.5) is 11.4 Å². The molecule has 0 radical (unpaired) electrons. The lowest BCUT2D eigenvalue weighted by Gasteiger charge is -2.34. The fraction of sp³-hybridized carbons (Fsp3) is 0.267. The van der Waals surface area contributed by atoms with Crippen molar-refractivity contribution in [3.05, 3.63) is 286 Å². The summed E-state index contributed by atoms with van der Waals surface area (Å²) in [7, 11) is 0. The predicted molar refractivity (Wildman–Crippen MR) is 404 cm³/mol. The molecule has 0 fully saturated rings. The van der Waals surface area contributed by atoms with Crippen molar-refractivity contribution < 1.29 is 8.83 Å². The molecule has 14 rings (SSSR count). The molecule has 0 saturated heterocycles. The number of nitrogens with zero attached hydrogens (tertiary/aromatic N) is 1. The Bertz CT molecular complexity index is 4610. The van der Waals surface area contributed by atoms with Crippen molar-refractivity contribution in [2.24, 2.45) is 0 Å². The number of benzene rings is 10. The van der Waals surface area contributed by atoms with Crippen LogP contribution < -0.4 is 4.90 Å². The van der Waals surface area contributed by atoms with Crippen molar-refractivity contribution in [3.63, 3.8) is 0 Å². The second-order valence-electron chi connectivity index (χ2n) is 26.5. The first-order valence-electron chi connectivity index (χ1n) is 34.6. The van der Waals surface area contributed by atoms with Crippen molar-refractivity contribution in [2.75, 3.05) is 4.90 Å². The van der Waals surface area contributed by atoms with Crippen molar-refractivity contribution in [3.8, 4) is 33.4 Å². The second kappa shape index (κ2) is 29.6. The van der Waals surface area contributed by atoms with Gasteiger partial charge in [-0.3, -0.25) is 0 Å². The number of furan rings is 2. The van der Waals surface area contributed by atoms with E-state index < -0.39 is 0 Å². The molecule has 10 aromatic carbocycles. The quantitative estimate of drug-likeness (QED) is 0.109. The molecule has 3 heteroatoms. The summed E-state index contributed by atoms with van der Waals surface area (Å²) in [5.41, 5.74) is 25.6. The molecule has 2 aliphatic carbocycles. The summed E-state index contributed by atoms with van der Waals surface area (Å²) >= 11 is 0. The average Bonchev–Trinajstić information content (AvgIpc) is 1.79. The largest absolute Gasteiger partial charge is 0.460 e. The fourth-order valence-electron chi connectivity index (χ4n) is 13.3. The zero-order valence-corrected chi connectivity index (χ0v) is 57.3. The molecular weight excluding hydrogens is 1130 g/mol. The summed E-state index contributed by atoms with van der Waals surface area (Å²) in [6.45, 7) is 26.2. The van der Waals surface area contributed by atoms with E-state index in [0.29, 0.717) is 5.92 Å². The van der Waals surface area contributed by atoms with E-state index in [4.69, 9.17) is 8.83 Å². The Morgan fingerprint density at radius 3 is 1.73 bits per heavy atom. The maximum absolute atomic E-state index is 6.47. The van der Waals surface area contributed by atoms with Crippen molar-refractivity contribution >= 4 is 66.7 Å². The highest BCUT2D eigenvalue weighted by molar-refractivity contribution is 6.07.